The van der Waals surface area contributed by atoms with Crippen molar-refractivity contribution in [1.82, 2.24) is 15.3 Å². The van der Waals surface area contributed by atoms with Crippen molar-refractivity contribution in [3.05, 3.63) is 18.5 Å². The molecule has 3 heterocycles. The van der Waals surface area contributed by atoms with Crippen LogP contribution >= 0.6 is 0 Å². The average Bonchev–Trinajstić information content (AvgIpc) is 2.90. The second kappa shape index (κ2) is 5.13. The fraction of sp³-hybridized carbons (Fsp3) is 0.615. The normalized spacial score (nSPS) is 29.9. The van der Waals surface area contributed by atoms with E-state index in [1.807, 2.05) is 6.07 Å². The van der Waals surface area contributed by atoms with Crippen LogP contribution in [0.2, 0.25) is 0 Å². The molecule has 0 spiro atoms. The fourth-order valence-electron chi connectivity index (χ4n) is 2.90. The number of nitrogens with zero attached hydrogens (tertiary/aromatic N) is 3. The first-order valence-corrected chi connectivity index (χ1v) is 6.67. The molecule has 19 heavy (non-hydrogen) atoms. The lowest BCUT2D eigenvalue weighted by Gasteiger charge is -2.33. The number of likely N-dealkylation sites (N-methyl/N-ethyl adjacent to an activating group) is 1. The molecule has 2 fully saturated rings. The van der Waals surface area contributed by atoms with Crippen molar-refractivity contribution in [3.63, 3.8) is 0 Å². The van der Waals surface area contributed by atoms with Crippen molar-refractivity contribution >= 4 is 11.9 Å². The van der Waals surface area contributed by atoms with Crippen LogP contribution < -0.4 is 10.2 Å². The molecule has 1 aromatic rings. The summed E-state index contributed by atoms with van der Waals surface area (Å²) in [4.78, 5) is 22.3. The van der Waals surface area contributed by atoms with Crippen LogP contribution in [-0.4, -0.2) is 48.2 Å². The summed E-state index contributed by atoms with van der Waals surface area (Å²) in [6.07, 6.45) is 5.16. The summed E-state index contributed by atoms with van der Waals surface area (Å²) in [5.74, 6) is 1.20. The molecule has 6 heteroatoms. The third-order valence-electron chi connectivity index (χ3n) is 3.93. The van der Waals surface area contributed by atoms with Gasteiger partial charge in [-0.05, 0) is 24.8 Å². The predicted octanol–water partition coefficient (Wildman–Crippen LogP) is 0.206. The van der Waals surface area contributed by atoms with Crippen molar-refractivity contribution in [1.29, 1.82) is 0 Å². The second-order valence-corrected chi connectivity index (χ2v) is 5.06. The second-order valence-electron chi connectivity index (χ2n) is 5.06. The zero-order valence-electron chi connectivity index (χ0n) is 11.0. The lowest BCUT2D eigenvalue weighted by Crippen LogP contribution is -2.43. The van der Waals surface area contributed by atoms with E-state index in [9.17, 15) is 4.79 Å². The molecule has 2 aliphatic rings. The van der Waals surface area contributed by atoms with Crippen LogP contribution in [0, 0.1) is 5.92 Å². The molecule has 6 nitrogen and oxygen atoms in total. The lowest BCUT2D eigenvalue weighted by atomic mass is 9.92. The molecule has 0 radical (unpaired) electrons. The van der Waals surface area contributed by atoms with Crippen LogP contribution in [-0.2, 0) is 9.53 Å². The molecule has 2 saturated heterocycles. The minimum atomic E-state index is -0.295. The lowest BCUT2D eigenvalue weighted by molar-refractivity contribution is -0.131. The van der Waals surface area contributed by atoms with Crippen LogP contribution in [0.1, 0.15) is 12.8 Å². The third kappa shape index (κ3) is 2.40. The van der Waals surface area contributed by atoms with E-state index in [2.05, 4.69) is 20.2 Å². The molecule has 0 unspecified atom stereocenters. The number of rotatable bonds is 2. The first kappa shape index (κ1) is 12.3. The van der Waals surface area contributed by atoms with Crippen LogP contribution in [0.25, 0.3) is 0 Å². The van der Waals surface area contributed by atoms with Crippen molar-refractivity contribution < 1.29 is 9.53 Å². The van der Waals surface area contributed by atoms with Gasteiger partial charge in [-0.25, -0.2) is 9.97 Å². The summed E-state index contributed by atoms with van der Waals surface area (Å²) in [5.41, 5.74) is 0. The van der Waals surface area contributed by atoms with Gasteiger partial charge in [0.25, 0.3) is 0 Å². The molecule has 0 aliphatic carbocycles. The first-order valence-electron chi connectivity index (χ1n) is 6.67. The van der Waals surface area contributed by atoms with Gasteiger partial charge in [0.2, 0.25) is 11.9 Å². The third-order valence-corrected chi connectivity index (χ3v) is 3.93. The van der Waals surface area contributed by atoms with Crippen LogP contribution in [0.5, 0.6) is 0 Å². The van der Waals surface area contributed by atoms with Crippen molar-refractivity contribution in [2.24, 2.45) is 5.92 Å². The highest BCUT2D eigenvalue weighted by molar-refractivity contribution is 5.80. The molecule has 0 bridgehead atoms. The number of hydrogen-bond acceptors (Lipinski definition) is 5. The van der Waals surface area contributed by atoms with Gasteiger partial charge in [0.05, 0.1) is 6.10 Å². The number of anilines is 1. The van der Waals surface area contributed by atoms with Gasteiger partial charge in [-0.1, -0.05) is 0 Å². The molecule has 3 rings (SSSR count). The van der Waals surface area contributed by atoms with Crippen molar-refractivity contribution in [2.75, 3.05) is 25.0 Å². The van der Waals surface area contributed by atoms with Gasteiger partial charge < -0.3 is 15.0 Å². The Hall–Kier alpha value is -1.69. The quantitative estimate of drug-likeness (QED) is 0.825. The Bertz CT molecular complexity index is 453. The summed E-state index contributed by atoms with van der Waals surface area (Å²) in [5, 5.41) is 2.66. The molecule has 0 aromatic carbocycles. The van der Waals surface area contributed by atoms with E-state index in [1.54, 1.807) is 19.4 Å². The van der Waals surface area contributed by atoms with E-state index in [4.69, 9.17) is 4.74 Å². The zero-order chi connectivity index (χ0) is 13.2. The summed E-state index contributed by atoms with van der Waals surface area (Å²) in [6, 6.07) is 1.81. The van der Waals surface area contributed by atoms with Crippen LogP contribution in [0.3, 0.4) is 0 Å². The number of hydrogen-bond donors (Lipinski definition) is 1. The molecule has 3 atom stereocenters. The monoisotopic (exact) mass is 262 g/mol. The van der Waals surface area contributed by atoms with E-state index >= 15 is 0 Å². The summed E-state index contributed by atoms with van der Waals surface area (Å²) in [7, 11) is 1.65. The maximum Gasteiger partial charge on any atom is 0.248 e. The maximum absolute atomic E-state index is 11.6. The molecule has 1 amide bonds. The van der Waals surface area contributed by atoms with E-state index in [0.29, 0.717) is 5.92 Å². The van der Waals surface area contributed by atoms with E-state index < -0.39 is 0 Å². The number of carbonyl (C=O) groups excluding carboxylic acids is 1. The number of nitrogens with one attached hydrogen (secondary N) is 1. The highest BCUT2D eigenvalue weighted by Gasteiger charge is 2.41. The number of ether oxygens (including phenoxy) is 1. The largest absolute Gasteiger partial charge is 0.363 e. The summed E-state index contributed by atoms with van der Waals surface area (Å²) < 4.78 is 5.86. The number of carbonyl (C=O) groups is 1. The Labute approximate surface area is 112 Å². The molecular formula is C13H18N4O2. The molecular weight excluding hydrogens is 244 g/mol. The van der Waals surface area contributed by atoms with Gasteiger partial charge in [-0.15, -0.1) is 0 Å². The Balaban J connectivity index is 1.67. The Kier molecular flexibility index (Phi) is 3.33. The fourth-order valence-corrected chi connectivity index (χ4v) is 2.90. The van der Waals surface area contributed by atoms with Gasteiger partial charge >= 0.3 is 0 Å². The van der Waals surface area contributed by atoms with Crippen LogP contribution in [0.15, 0.2) is 18.5 Å². The predicted molar refractivity (Wildman–Crippen MR) is 69.7 cm³/mol. The molecule has 0 saturated carbocycles. The summed E-state index contributed by atoms with van der Waals surface area (Å²) >= 11 is 0. The maximum atomic E-state index is 11.6. The topological polar surface area (TPSA) is 67.4 Å². The SMILES string of the molecule is CNC(=O)[C@H]1C[C@@H]2CCN(c3ncccn3)C[C@@H]2O1. The Morgan fingerprint density at radius 2 is 2.26 bits per heavy atom. The van der Waals surface area contributed by atoms with Gasteiger partial charge in [0, 0.05) is 32.5 Å². The van der Waals surface area contributed by atoms with E-state index in [0.717, 1.165) is 31.9 Å². The summed E-state index contributed by atoms with van der Waals surface area (Å²) in [6.45, 7) is 1.69. The zero-order valence-corrected chi connectivity index (χ0v) is 11.0. The minimum absolute atomic E-state index is 0.0167. The number of aromatic nitrogens is 2. The van der Waals surface area contributed by atoms with Gasteiger partial charge in [0.15, 0.2) is 0 Å². The van der Waals surface area contributed by atoms with Gasteiger partial charge in [-0.3, -0.25) is 4.79 Å². The van der Waals surface area contributed by atoms with Gasteiger partial charge in [0.1, 0.15) is 6.10 Å². The van der Waals surface area contributed by atoms with E-state index in [-0.39, 0.29) is 18.1 Å². The molecule has 102 valence electrons. The average molecular weight is 262 g/mol. The van der Waals surface area contributed by atoms with E-state index in [1.165, 1.54) is 0 Å². The number of piperidine rings is 1. The first-order chi connectivity index (χ1) is 9.28. The number of fused-ring (bicyclic) bond motifs is 1. The minimum Gasteiger partial charge on any atom is -0.363 e. The molecule has 1 N–H and O–H groups in total. The highest BCUT2D eigenvalue weighted by Crippen LogP contribution is 2.34. The standard InChI is InChI=1S/C13H18N4O2/c1-14-12(18)10-7-9-3-6-17(8-11(9)19-10)13-15-4-2-5-16-13/h2,4-5,9-11H,3,6-8H2,1H3,(H,14,18)/t9-,10+,11-/m0/s1. The van der Waals surface area contributed by atoms with Crippen LogP contribution in [0.4, 0.5) is 5.95 Å². The molecule has 2 aliphatic heterocycles. The Morgan fingerprint density at radius 1 is 1.47 bits per heavy atom. The number of amides is 1. The van der Waals surface area contributed by atoms with Gasteiger partial charge in [-0.2, -0.15) is 0 Å². The highest BCUT2D eigenvalue weighted by atomic mass is 16.5. The molecule has 1 aromatic heterocycles. The smallest absolute Gasteiger partial charge is 0.248 e. The van der Waals surface area contributed by atoms with Crippen molar-refractivity contribution in [2.45, 2.75) is 25.0 Å². The van der Waals surface area contributed by atoms with Crippen molar-refractivity contribution in [3.8, 4) is 0 Å². The Morgan fingerprint density at radius 3 is 3.00 bits per heavy atom.